The fourth-order valence-corrected chi connectivity index (χ4v) is 5.40. The number of halogens is 1. The Morgan fingerprint density at radius 1 is 1.00 bits per heavy atom. The van der Waals surface area contributed by atoms with Crippen molar-refractivity contribution >= 4 is 27.4 Å². The lowest BCUT2D eigenvalue weighted by molar-refractivity contribution is 0.143. The number of piperazine rings is 1. The zero-order chi connectivity index (χ0) is 21.1. The molecule has 30 heavy (non-hydrogen) atoms. The van der Waals surface area contributed by atoms with Crippen LogP contribution >= 0.6 is 0 Å². The molecule has 7 nitrogen and oxygen atoms in total. The van der Waals surface area contributed by atoms with E-state index in [1.165, 1.54) is 28.1 Å². The molecule has 0 aromatic heterocycles. The highest BCUT2D eigenvalue weighted by Crippen LogP contribution is 2.28. The maximum Gasteiger partial charge on any atom is 0.322 e. The van der Waals surface area contributed by atoms with Crippen molar-refractivity contribution in [1.29, 1.82) is 0 Å². The molecule has 2 fully saturated rings. The van der Waals surface area contributed by atoms with E-state index in [-0.39, 0.29) is 17.5 Å². The van der Waals surface area contributed by atoms with E-state index in [0.717, 1.165) is 19.6 Å². The van der Waals surface area contributed by atoms with E-state index in [9.17, 15) is 17.6 Å². The van der Waals surface area contributed by atoms with Crippen molar-refractivity contribution in [3.63, 3.8) is 0 Å². The summed E-state index contributed by atoms with van der Waals surface area (Å²) in [7, 11) is -3.37. The molecule has 2 amide bonds. The number of carbonyl (C=O) groups excluding carboxylic acids is 1. The number of rotatable bonds is 4. The lowest BCUT2D eigenvalue weighted by Gasteiger charge is -2.34. The van der Waals surface area contributed by atoms with Gasteiger partial charge in [0.2, 0.25) is 10.0 Å². The molecule has 0 saturated carbocycles. The molecule has 0 bridgehead atoms. The minimum Gasteiger partial charge on any atom is -0.322 e. The number of anilines is 2. The van der Waals surface area contributed by atoms with E-state index >= 15 is 0 Å². The van der Waals surface area contributed by atoms with Gasteiger partial charge in [0.25, 0.3) is 0 Å². The SMILES string of the molecule is O=C(Nc1cc(N2CCCS2(=O)=O)ccc1F)N1CCN(Cc2ccccc2)CC1. The fraction of sp³-hybridized carbons (Fsp3) is 0.381. The van der Waals surface area contributed by atoms with E-state index in [1.54, 1.807) is 4.90 Å². The van der Waals surface area contributed by atoms with E-state index in [4.69, 9.17) is 0 Å². The summed E-state index contributed by atoms with van der Waals surface area (Å²) in [6.07, 6.45) is 0.536. The van der Waals surface area contributed by atoms with Crippen molar-refractivity contribution in [1.82, 2.24) is 9.80 Å². The molecule has 2 aliphatic heterocycles. The number of carbonyl (C=O) groups is 1. The smallest absolute Gasteiger partial charge is 0.322 e. The number of amides is 2. The molecule has 4 rings (SSSR count). The summed E-state index contributed by atoms with van der Waals surface area (Å²) >= 11 is 0. The molecule has 0 spiro atoms. The Morgan fingerprint density at radius 2 is 1.73 bits per heavy atom. The molecule has 0 unspecified atom stereocenters. The van der Waals surface area contributed by atoms with Gasteiger partial charge in [-0.25, -0.2) is 17.6 Å². The Morgan fingerprint density at radius 3 is 2.40 bits per heavy atom. The van der Waals surface area contributed by atoms with Gasteiger partial charge < -0.3 is 10.2 Å². The van der Waals surface area contributed by atoms with Crippen molar-refractivity contribution < 1.29 is 17.6 Å². The summed E-state index contributed by atoms with van der Waals surface area (Å²) in [5.74, 6) is -0.509. The van der Waals surface area contributed by atoms with Gasteiger partial charge in [-0.15, -0.1) is 0 Å². The van der Waals surface area contributed by atoms with Crippen LogP contribution in [0.2, 0.25) is 0 Å². The van der Waals surface area contributed by atoms with Crippen molar-refractivity contribution in [3.8, 4) is 0 Å². The molecule has 2 saturated heterocycles. The first kappa shape index (κ1) is 20.6. The average Bonchev–Trinajstić information content (AvgIpc) is 3.10. The van der Waals surface area contributed by atoms with Gasteiger partial charge in [0.05, 0.1) is 17.1 Å². The number of nitrogens with zero attached hydrogens (tertiary/aromatic N) is 3. The second-order valence-corrected chi connectivity index (χ2v) is 9.60. The number of sulfonamides is 1. The Bertz CT molecular complexity index is 1010. The largest absolute Gasteiger partial charge is 0.322 e. The predicted molar refractivity (Wildman–Crippen MR) is 114 cm³/mol. The highest BCUT2D eigenvalue weighted by Gasteiger charge is 2.29. The minimum absolute atomic E-state index is 0.00804. The number of hydrogen-bond acceptors (Lipinski definition) is 4. The van der Waals surface area contributed by atoms with E-state index < -0.39 is 15.8 Å². The van der Waals surface area contributed by atoms with Crippen LogP contribution in [0.25, 0.3) is 0 Å². The Balaban J connectivity index is 1.37. The van der Waals surface area contributed by atoms with Crippen LogP contribution in [0.15, 0.2) is 48.5 Å². The summed E-state index contributed by atoms with van der Waals surface area (Å²) in [6.45, 7) is 3.75. The van der Waals surface area contributed by atoms with Crippen molar-refractivity contribution in [3.05, 3.63) is 59.9 Å². The molecule has 2 aromatic rings. The van der Waals surface area contributed by atoms with Crippen LogP contribution in [0.1, 0.15) is 12.0 Å². The third-order valence-electron chi connectivity index (χ3n) is 5.49. The molecule has 2 heterocycles. The zero-order valence-electron chi connectivity index (χ0n) is 16.6. The molecule has 160 valence electrons. The van der Waals surface area contributed by atoms with Gasteiger partial charge in [-0.2, -0.15) is 0 Å². The first-order valence-corrected chi connectivity index (χ1v) is 11.7. The molecule has 0 radical (unpaired) electrons. The Labute approximate surface area is 176 Å². The Hall–Kier alpha value is -2.65. The fourth-order valence-electron chi connectivity index (χ4n) is 3.84. The van der Waals surface area contributed by atoms with Crippen molar-refractivity contribution in [2.45, 2.75) is 13.0 Å². The third-order valence-corrected chi connectivity index (χ3v) is 7.36. The highest BCUT2D eigenvalue weighted by atomic mass is 32.2. The van der Waals surface area contributed by atoms with Gasteiger partial charge >= 0.3 is 6.03 Å². The maximum atomic E-state index is 14.3. The number of nitrogens with one attached hydrogen (secondary N) is 1. The van der Waals surface area contributed by atoms with Crippen molar-refractivity contribution in [2.24, 2.45) is 0 Å². The maximum absolute atomic E-state index is 14.3. The van der Waals surface area contributed by atoms with E-state index in [2.05, 4.69) is 22.3 Å². The van der Waals surface area contributed by atoms with Crippen molar-refractivity contribution in [2.75, 3.05) is 48.1 Å². The zero-order valence-corrected chi connectivity index (χ0v) is 17.4. The van der Waals surface area contributed by atoms with Gasteiger partial charge in [0.1, 0.15) is 5.82 Å². The topological polar surface area (TPSA) is 73.0 Å². The lowest BCUT2D eigenvalue weighted by atomic mass is 10.2. The average molecular weight is 433 g/mol. The lowest BCUT2D eigenvalue weighted by Crippen LogP contribution is -2.49. The summed E-state index contributed by atoms with van der Waals surface area (Å²) in [4.78, 5) is 16.6. The quantitative estimate of drug-likeness (QED) is 0.806. The molecule has 1 N–H and O–H groups in total. The van der Waals surface area contributed by atoms with Crippen LogP contribution in [0.5, 0.6) is 0 Å². The van der Waals surface area contributed by atoms with E-state index in [1.807, 2.05) is 18.2 Å². The normalized spacial score (nSPS) is 19.1. The van der Waals surface area contributed by atoms with Crippen LogP contribution in [0, 0.1) is 5.82 Å². The first-order valence-electron chi connectivity index (χ1n) is 10.0. The number of urea groups is 1. The molecule has 0 aliphatic carbocycles. The molecule has 9 heteroatoms. The van der Waals surface area contributed by atoms with E-state index in [0.29, 0.717) is 31.7 Å². The Kier molecular flexibility index (Phi) is 5.92. The molecule has 2 aromatic carbocycles. The molecule has 0 atom stereocenters. The minimum atomic E-state index is -3.37. The van der Waals surface area contributed by atoms with Gasteiger partial charge in [0.15, 0.2) is 0 Å². The van der Waals surface area contributed by atoms with Gasteiger partial charge in [-0.05, 0) is 30.2 Å². The summed E-state index contributed by atoms with van der Waals surface area (Å²) in [5, 5.41) is 2.61. The first-order chi connectivity index (χ1) is 14.4. The van der Waals surface area contributed by atoms with Gasteiger partial charge in [-0.3, -0.25) is 9.21 Å². The van der Waals surface area contributed by atoms with Crippen LogP contribution < -0.4 is 9.62 Å². The van der Waals surface area contributed by atoms with Crippen LogP contribution in [-0.2, 0) is 16.6 Å². The second-order valence-electron chi connectivity index (χ2n) is 7.58. The summed E-state index contributed by atoms with van der Waals surface area (Å²) < 4.78 is 39.8. The van der Waals surface area contributed by atoms with Gasteiger partial charge in [-0.1, -0.05) is 30.3 Å². The summed E-state index contributed by atoms with van der Waals surface area (Å²) in [5.41, 5.74) is 1.59. The molecule has 2 aliphatic rings. The van der Waals surface area contributed by atoms with Crippen LogP contribution in [0.3, 0.4) is 0 Å². The molecular formula is C21H25FN4O3S. The number of hydrogen-bond donors (Lipinski definition) is 1. The monoisotopic (exact) mass is 432 g/mol. The van der Waals surface area contributed by atoms with Crippen LogP contribution in [0.4, 0.5) is 20.6 Å². The summed E-state index contributed by atoms with van der Waals surface area (Å²) in [6, 6.07) is 13.8. The van der Waals surface area contributed by atoms with Gasteiger partial charge in [0, 0.05) is 39.3 Å². The third kappa shape index (κ3) is 4.57. The predicted octanol–water partition coefficient (Wildman–Crippen LogP) is 2.72. The second kappa shape index (κ2) is 8.61. The standard InChI is InChI=1S/C21H25FN4O3S/c22-19-8-7-18(26-9-4-14-30(26,28)29)15-20(19)23-21(27)25-12-10-24(11-13-25)16-17-5-2-1-3-6-17/h1-3,5-8,15H,4,9-14,16H2,(H,23,27). The van der Waals surface area contributed by atoms with Crippen LogP contribution in [-0.4, -0.2) is 62.7 Å². The molecular weight excluding hydrogens is 407 g/mol. The number of benzene rings is 2. The highest BCUT2D eigenvalue weighted by molar-refractivity contribution is 7.93.